The van der Waals surface area contributed by atoms with Crippen LogP contribution in [0.15, 0.2) is 34.9 Å². The van der Waals surface area contributed by atoms with Crippen LogP contribution in [0, 0.1) is 6.92 Å². The molecule has 24 heavy (non-hydrogen) atoms. The predicted molar refractivity (Wildman–Crippen MR) is 93.5 cm³/mol. The molecule has 6 nitrogen and oxygen atoms in total. The maximum atomic E-state index is 12.2. The normalized spacial score (nSPS) is 12.2. The smallest absolute Gasteiger partial charge is 0.242 e. The fourth-order valence-corrected chi connectivity index (χ4v) is 2.21. The highest BCUT2D eigenvalue weighted by Crippen LogP contribution is 2.15. The Bertz CT molecular complexity index is 657. The molecule has 0 aliphatic heterocycles. The molecule has 7 heteroatoms. The van der Waals surface area contributed by atoms with Crippen molar-refractivity contribution >= 4 is 23.3 Å². The molecule has 2 aromatic rings. The monoisotopic (exact) mass is 351 g/mol. The summed E-state index contributed by atoms with van der Waals surface area (Å²) in [6.45, 7) is 4.93. The van der Waals surface area contributed by atoms with Crippen LogP contribution >= 0.6 is 11.6 Å². The van der Waals surface area contributed by atoms with E-state index in [1.54, 1.807) is 25.1 Å². The number of halogens is 1. The topological polar surface area (TPSA) is 67.6 Å². The van der Waals surface area contributed by atoms with Crippen molar-refractivity contribution in [3.05, 3.63) is 41.1 Å². The number of aryl methyl sites for hydroxylation is 1. The van der Waals surface area contributed by atoms with Gasteiger partial charge in [0, 0.05) is 17.6 Å². The Morgan fingerprint density at radius 3 is 2.75 bits per heavy atom. The maximum absolute atomic E-state index is 12.2. The summed E-state index contributed by atoms with van der Waals surface area (Å²) >= 11 is 5.83. The number of carbonyl (C=O) groups excluding carboxylic acids is 1. The van der Waals surface area contributed by atoms with E-state index < -0.39 is 0 Å². The Hall–Kier alpha value is -2.05. The van der Waals surface area contributed by atoms with Crippen LogP contribution in [0.4, 0.5) is 5.82 Å². The summed E-state index contributed by atoms with van der Waals surface area (Å²) < 4.78 is 10.6. The van der Waals surface area contributed by atoms with Crippen molar-refractivity contribution in [2.24, 2.45) is 0 Å². The molecule has 1 atom stereocenters. The molecule has 0 aliphatic rings. The molecule has 1 aromatic carbocycles. The molecule has 0 spiro atoms. The SMILES string of the molecule is Cc1cc(NC(=O)[C@H](C)N(C)CCCOc2ccc(Cl)cc2)no1. The third-order valence-electron chi connectivity index (χ3n) is 3.66. The Kier molecular flexibility index (Phi) is 6.63. The van der Waals surface area contributed by atoms with Crippen LogP contribution in [0.5, 0.6) is 5.75 Å². The molecule has 0 saturated heterocycles. The number of nitrogens with zero attached hydrogens (tertiary/aromatic N) is 2. The second-order valence-corrected chi connectivity index (χ2v) is 6.06. The molecular formula is C17H22ClN3O3. The second kappa shape index (κ2) is 8.70. The molecule has 0 bridgehead atoms. The van der Waals surface area contributed by atoms with Crippen molar-refractivity contribution in [1.29, 1.82) is 0 Å². The van der Waals surface area contributed by atoms with Crippen LogP contribution in [0.1, 0.15) is 19.1 Å². The van der Waals surface area contributed by atoms with Gasteiger partial charge in [0.1, 0.15) is 11.5 Å². The third kappa shape index (κ3) is 5.54. The van der Waals surface area contributed by atoms with Gasteiger partial charge in [-0.3, -0.25) is 9.69 Å². The average molecular weight is 352 g/mol. The van der Waals surface area contributed by atoms with Gasteiger partial charge in [0.15, 0.2) is 5.82 Å². The molecule has 1 aromatic heterocycles. The van der Waals surface area contributed by atoms with Gasteiger partial charge >= 0.3 is 0 Å². The number of amides is 1. The van der Waals surface area contributed by atoms with E-state index in [0.717, 1.165) is 18.7 Å². The number of ether oxygens (including phenoxy) is 1. The largest absolute Gasteiger partial charge is 0.494 e. The summed E-state index contributed by atoms with van der Waals surface area (Å²) in [5, 5.41) is 7.18. The van der Waals surface area contributed by atoms with E-state index >= 15 is 0 Å². The summed E-state index contributed by atoms with van der Waals surface area (Å²) in [4.78, 5) is 14.1. The van der Waals surface area contributed by atoms with Crippen LogP contribution in [-0.2, 0) is 4.79 Å². The Morgan fingerprint density at radius 1 is 1.42 bits per heavy atom. The molecule has 0 aliphatic carbocycles. The number of hydrogen-bond acceptors (Lipinski definition) is 5. The molecule has 2 rings (SSSR count). The number of anilines is 1. The standard InChI is InChI=1S/C17H22ClN3O3/c1-12-11-16(20-24-12)19-17(22)13(2)21(3)9-4-10-23-15-7-5-14(18)6-8-15/h5-8,11,13H,4,9-10H2,1-3H3,(H,19,20,22)/t13-/m0/s1. The van der Waals surface area contributed by atoms with Gasteiger partial charge in [-0.15, -0.1) is 0 Å². The Morgan fingerprint density at radius 2 is 2.12 bits per heavy atom. The molecule has 0 saturated carbocycles. The van der Waals surface area contributed by atoms with Crippen molar-refractivity contribution in [1.82, 2.24) is 10.1 Å². The van der Waals surface area contributed by atoms with Gasteiger partial charge < -0.3 is 14.6 Å². The Balaban J connectivity index is 1.69. The minimum Gasteiger partial charge on any atom is -0.494 e. The molecule has 1 heterocycles. The lowest BCUT2D eigenvalue weighted by Crippen LogP contribution is -2.40. The van der Waals surface area contributed by atoms with Crippen molar-refractivity contribution < 1.29 is 14.1 Å². The molecule has 130 valence electrons. The highest BCUT2D eigenvalue weighted by molar-refractivity contribution is 6.30. The lowest BCUT2D eigenvalue weighted by molar-refractivity contribution is -0.120. The zero-order valence-electron chi connectivity index (χ0n) is 14.1. The van der Waals surface area contributed by atoms with Gasteiger partial charge in [0.25, 0.3) is 0 Å². The summed E-state index contributed by atoms with van der Waals surface area (Å²) in [6, 6.07) is 8.66. The first kappa shape index (κ1) is 18.3. The second-order valence-electron chi connectivity index (χ2n) is 5.62. The number of benzene rings is 1. The number of nitrogens with one attached hydrogen (secondary N) is 1. The number of rotatable bonds is 8. The van der Waals surface area contributed by atoms with Gasteiger partial charge in [0.2, 0.25) is 5.91 Å². The average Bonchev–Trinajstić information content (AvgIpc) is 2.97. The van der Waals surface area contributed by atoms with Crippen LogP contribution in [0.2, 0.25) is 5.02 Å². The lowest BCUT2D eigenvalue weighted by atomic mass is 10.2. The highest BCUT2D eigenvalue weighted by atomic mass is 35.5. The third-order valence-corrected chi connectivity index (χ3v) is 3.91. The number of likely N-dealkylation sites (N-methyl/N-ethyl adjacent to an activating group) is 1. The number of carbonyl (C=O) groups is 1. The van der Waals surface area contributed by atoms with E-state index in [1.807, 2.05) is 31.0 Å². The molecule has 1 amide bonds. The zero-order chi connectivity index (χ0) is 17.5. The minimum absolute atomic E-state index is 0.121. The van der Waals surface area contributed by atoms with Crippen LogP contribution in [0.3, 0.4) is 0 Å². The van der Waals surface area contributed by atoms with Gasteiger partial charge in [-0.1, -0.05) is 16.8 Å². The lowest BCUT2D eigenvalue weighted by Gasteiger charge is -2.23. The zero-order valence-corrected chi connectivity index (χ0v) is 14.8. The van der Waals surface area contributed by atoms with Crippen LogP contribution < -0.4 is 10.1 Å². The van der Waals surface area contributed by atoms with Crippen molar-refractivity contribution in [3.63, 3.8) is 0 Å². The first-order valence-electron chi connectivity index (χ1n) is 7.78. The summed E-state index contributed by atoms with van der Waals surface area (Å²) in [7, 11) is 1.90. The van der Waals surface area contributed by atoms with Gasteiger partial charge in [-0.2, -0.15) is 0 Å². The van der Waals surface area contributed by atoms with Crippen LogP contribution in [-0.4, -0.2) is 42.2 Å². The quantitative estimate of drug-likeness (QED) is 0.738. The van der Waals surface area contributed by atoms with E-state index in [-0.39, 0.29) is 11.9 Å². The van der Waals surface area contributed by atoms with Gasteiger partial charge in [0.05, 0.1) is 12.6 Å². The van der Waals surface area contributed by atoms with Crippen molar-refractivity contribution in [3.8, 4) is 5.75 Å². The minimum atomic E-state index is -0.280. The number of aromatic nitrogens is 1. The molecule has 1 N–H and O–H groups in total. The molecule has 0 radical (unpaired) electrons. The van der Waals surface area contributed by atoms with Gasteiger partial charge in [-0.25, -0.2) is 0 Å². The molecule has 0 unspecified atom stereocenters. The summed E-state index contributed by atoms with van der Waals surface area (Å²) in [5.74, 6) is 1.76. The van der Waals surface area contributed by atoms with E-state index in [2.05, 4.69) is 10.5 Å². The first-order chi connectivity index (χ1) is 11.5. The number of hydrogen-bond donors (Lipinski definition) is 1. The van der Waals surface area contributed by atoms with E-state index in [4.69, 9.17) is 20.9 Å². The maximum Gasteiger partial charge on any atom is 0.242 e. The van der Waals surface area contributed by atoms with E-state index in [9.17, 15) is 4.79 Å². The van der Waals surface area contributed by atoms with Gasteiger partial charge in [-0.05, 0) is 51.6 Å². The van der Waals surface area contributed by atoms with E-state index in [0.29, 0.717) is 23.2 Å². The summed E-state index contributed by atoms with van der Waals surface area (Å²) in [5.41, 5.74) is 0. The fraction of sp³-hybridized carbons (Fsp3) is 0.412. The highest BCUT2D eigenvalue weighted by Gasteiger charge is 2.18. The molecule has 0 fully saturated rings. The Labute approximate surface area is 146 Å². The summed E-state index contributed by atoms with van der Waals surface area (Å²) in [6.07, 6.45) is 0.805. The molecular weight excluding hydrogens is 330 g/mol. The van der Waals surface area contributed by atoms with Crippen LogP contribution in [0.25, 0.3) is 0 Å². The van der Waals surface area contributed by atoms with E-state index in [1.165, 1.54) is 0 Å². The predicted octanol–water partition coefficient (Wildman–Crippen LogP) is 3.36. The first-order valence-corrected chi connectivity index (χ1v) is 8.16. The fourth-order valence-electron chi connectivity index (χ4n) is 2.08. The van der Waals surface area contributed by atoms with Crippen molar-refractivity contribution in [2.45, 2.75) is 26.3 Å². The van der Waals surface area contributed by atoms with Crippen molar-refractivity contribution in [2.75, 3.05) is 25.5 Å².